The first-order chi connectivity index (χ1) is 16.0. The molecule has 3 heterocycles. The zero-order valence-corrected chi connectivity index (χ0v) is 17.8. The molecule has 3 aromatic rings. The number of rotatable bonds is 2. The van der Waals surface area contributed by atoms with Crippen molar-refractivity contribution in [3.05, 3.63) is 47.5 Å². The summed E-state index contributed by atoms with van der Waals surface area (Å²) in [4.78, 5) is 34.4. The maximum atomic E-state index is 12.4. The molecule has 0 N–H and O–H groups in total. The van der Waals surface area contributed by atoms with Crippen LogP contribution in [-0.4, -0.2) is 38.1 Å². The van der Waals surface area contributed by atoms with E-state index in [4.69, 9.17) is 23.7 Å². The van der Waals surface area contributed by atoms with Crippen molar-refractivity contribution in [3.8, 4) is 34.1 Å². The Kier molecular flexibility index (Phi) is 5.01. The summed E-state index contributed by atoms with van der Waals surface area (Å²) in [5.41, 5.74) is 1.78. The van der Waals surface area contributed by atoms with Crippen LogP contribution in [0, 0.1) is 0 Å². The van der Waals surface area contributed by atoms with Crippen LogP contribution in [0.5, 0.6) is 23.0 Å². The van der Waals surface area contributed by atoms with E-state index < -0.39 is 11.9 Å². The van der Waals surface area contributed by atoms with Crippen molar-refractivity contribution >= 4 is 28.7 Å². The van der Waals surface area contributed by atoms with Gasteiger partial charge >= 0.3 is 17.9 Å². The molecule has 0 saturated heterocycles. The molecule has 0 spiro atoms. The van der Waals surface area contributed by atoms with Gasteiger partial charge in [-0.05, 0) is 53.6 Å². The van der Waals surface area contributed by atoms with Crippen LogP contribution in [0.4, 0.5) is 0 Å². The van der Waals surface area contributed by atoms with Crippen LogP contribution in [0.2, 0.25) is 0 Å². The Bertz CT molecular complexity index is 1330. The highest BCUT2D eigenvalue weighted by molar-refractivity contribution is 6.22. The number of carbonyl (C=O) groups excluding carboxylic acids is 3. The number of esters is 3. The second-order valence-electron chi connectivity index (χ2n) is 7.27. The molecule has 0 aliphatic carbocycles. The van der Waals surface area contributed by atoms with Crippen molar-refractivity contribution in [2.75, 3.05) is 20.2 Å². The fourth-order valence-corrected chi connectivity index (χ4v) is 3.91. The zero-order chi connectivity index (χ0) is 23.1. The van der Waals surface area contributed by atoms with Crippen molar-refractivity contribution in [1.82, 2.24) is 0 Å². The molecule has 0 saturated carbocycles. The highest BCUT2D eigenvalue weighted by Crippen LogP contribution is 2.45. The van der Waals surface area contributed by atoms with Gasteiger partial charge in [0.15, 0.2) is 23.0 Å². The van der Waals surface area contributed by atoms with Gasteiger partial charge in [0.1, 0.15) is 0 Å². The van der Waals surface area contributed by atoms with E-state index in [0.717, 1.165) is 10.8 Å². The Balaban J connectivity index is 0.000000340. The van der Waals surface area contributed by atoms with E-state index in [-0.39, 0.29) is 30.7 Å². The van der Waals surface area contributed by atoms with Crippen molar-refractivity contribution < 1.29 is 42.8 Å². The number of hydrogen-bond donors (Lipinski definition) is 0. The van der Waals surface area contributed by atoms with Crippen molar-refractivity contribution in [2.24, 2.45) is 0 Å². The predicted molar refractivity (Wildman–Crippen MR) is 114 cm³/mol. The minimum Gasteiger partial charge on any atom is -0.466 e. The number of ether oxygens (including phenoxy) is 6. The van der Waals surface area contributed by atoms with Gasteiger partial charge in [-0.1, -0.05) is 6.07 Å². The molecular formula is C24H18O9. The molecule has 168 valence electrons. The zero-order valence-electron chi connectivity index (χ0n) is 17.8. The minimum absolute atomic E-state index is 0.131. The third-order valence-electron chi connectivity index (χ3n) is 5.25. The molecule has 0 bridgehead atoms. The molecule has 0 fully saturated rings. The summed E-state index contributed by atoms with van der Waals surface area (Å²) in [6.07, 6.45) is 0. The Labute approximate surface area is 187 Å². The third-order valence-corrected chi connectivity index (χ3v) is 5.25. The minimum atomic E-state index is -0.665. The largest absolute Gasteiger partial charge is 0.466 e. The lowest BCUT2D eigenvalue weighted by Gasteiger charge is -2.12. The van der Waals surface area contributed by atoms with E-state index >= 15 is 0 Å². The summed E-state index contributed by atoms with van der Waals surface area (Å²) in [6, 6.07) is 10.6. The van der Waals surface area contributed by atoms with Crippen LogP contribution in [0.25, 0.3) is 21.9 Å². The number of carbonyl (C=O) groups is 3. The number of cyclic esters (lactones) is 2. The van der Waals surface area contributed by atoms with Gasteiger partial charge in [-0.15, -0.1) is 0 Å². The van der Waals surface area contributed by atoms with E-state index in [2.05, 4.69) is 4.74 Å². The second kappa shape index (κ2) is 8.01. The van der Waals surface area contributed by atoms with Gasteiger partial charge in [-0.25, -0.2) is 9.59 Å². The van der Waals surface area contributed by atoms with E-state index in [9.17, 15) is 14.4 Å². The summed E-state index contributed by atoms with van der Waals surface area (Å²) >= 11 is 0. The summed E-state index contributed by atoms with van der Waals surface area (Å²) < 4.78 is 31.0. The first kappa shape index (κ1) is 20.6. The summed E-state index contributed by atoms with van der Waals surface area (Å²) in [5.74, 6) is 0.860. The van der Waals surface area contributed by atoms with Gasteiger partial charge < -0.3 is 28.4 Å². The fraction of sp³-hybridized carbons (Fsp3) is 0.208. The number of hydrogen-bond acceptors (Lipinski definition) is 9. The van der Waals surface area contributed by atoms with Gasteiger partial charge in [-0.2, -0.15) is 0 Å². The maximum Gasteiger partial charge on any atom is 0.347 e. The fourth-order valence-electron chi connectivity index (χ4n) is 3.91. The SMILES string of the molecule is CCOC(C)=O.O=C1OC(=O)c2c1cc1cc3c(cc1c2-c1ccc2c(c1)OCO2)OCO3. The van der Waals surface area contributed by atoms with Crippen LogP contribution < -0.4 is 18.9 Å². The van der Waals surface area contributed by atoms with Gasteiger partial charge in [0.05, 0.1) is 17.7 Å². The highest BCUT2D eigenvalue weighted by Gasteiger charge is 2.35. The van der Waals surface area contributed by atoms with Crippen molar-refractivity contribution in [3.63, 3.8) is 0 Å². The highest BCUT2D eigenvalue weighted by atomic mass is 16.7. The molecule has 0 aromatic heterocycles. The van der Waals surface area contributed by atoms with E-state index in [1.807, 2.05) is 12.1 Å². The monoisotopic (exact) mass is 450 g/mol. The Hall–Kier alpha value is -4.27. The van der Waals surface area contributed by atoms with Crippen molar-refractivity contribution in [1.29, 1.82) is 0 Å². The Morgan fingerprint density at radius 3 is 2.18 bits per heavy atom. The number of fused-ring (bicyclic) bond motifs is 4. The molecule has 3 aliphatic rings. The first-order valence-electron chi connectivity index (χ1n) is 10.2. The van der Waals surface area contributed by atoms with E-state index in [1.54, 1.807) is 31.2 Å². The summed E-state index contributed by atoms with van der Waals surface area (Å²) in [7, 11) is 0. The Morgan fingerprint density at radius 1 is 0.848 bits per heavy atom. The molecule has 33 heavy (non-hydrogen) atoms. The standard InChI is InChI=1S/C20H10O7.C4H8O2/c21-19-12-3-10-5-15-16(26-8-25-15)6-11(10)17(18(12)20(22)27-19)9-1-2-13-14(4-9)24-7-23-13;1-3-6-4(2)5/h1-6H,7-8H2;3H2,1-2H3. The molecular weight excluding hydrogens is 432 g/mol. The van der Waals surface area contributed by atoms with Gasteiger partial charge in [0.2, 0.25) is 13.6 Å². The molecule has 0 atom stereocenters. The molecule has 6 rings (SSSR count). The summed E-state index contributed by atoms with van der Waals surface area (Å²) in [6.45, 7) is 3.93. The van der Waals surface area contributed by atoms with Gasteiger partial charge in [0, 0.05) is 12.5 Å². The van der Waals surface area contributed by atoms with E-state index in [0.29, 0.717) is 40.7 Å². The molecule has 0 unspecified atom stereocenters. The molecule has 3 aromatic carbocycles. The van der Waals surface area contributed by atoms with Crippen LogP contribution in [0.15, 0.2) is 36.4 Å². The molecule has 3 aliphatic heterocycles. The summed E-state index contributed by atoms with van der Waals surface area (Å²) in [5, 5.41) is 1.50. The molecule has 0 radical (unpaired) electrons. The van der Waals surface area contributed by atoms with Gasteiger partial charge in [0.25, 0.3) is 0 Å². The second-order valence-corrected chi connectivity index (χ2v) is 7.27. The quantitative estimate of drug-likeness (QED) is 0.425. The van der Waals surface area contributed by atoms with Crippen LogP contribution in [-0.2, 0) is 14.3 Å². The van der Waals surface area contributed by atoms with Crippen LogP contribution in [0.1, 0.15) is 34.6 Å². The average Bonchev–Trinajstić information content (AvgIpc) is 3.50. The predicted octanol–water partition coefficient (Wildman–Crippen LogP) is 3.84. The lowest BCUT2D eigenvalue weighted by atomic mass is 9.90. The average molecular weight is 450 g/mol. The lowest BCUT2D eigenvalue weighted by Crippen LogP contribution is -1.99. The van der Waals surface area contributed by atoms with Crippen LogP contribution >= 0.6 is 0 Å². The third kappa shape index (κ3) is 3.57. The van der Waals surface area contributed by atoms with E-state index in [1.165, 1.54) is 6.92 Å². The van der Waals surface area contributed by atoms with Gasteiger partial charge in [-0.3, -0.25) is 4.79 Å². The normalized spacial score (nSPS) is 14.5. The molecule has 9 heteroatoms. The Morgan fingerprint density at radius 2 is 1.52 bits per heavy atom. The maximum absolute atomic E-state index is 12.4. The number of benzene rings is 3. The molecule has 0 amide bonds. The topological polar surface area (TPSA) is 107 Å². The van der Waals surface area contributed by atoms with Crippen molar-refractivity contribution in [2.45, 2.75) is 13.8 Å². The molecule has 9 nitrogen and oxygen atoms in total. The lowest BCUT2D eigenvalue weighted by molar-refractivity contribution is -0.140. The van der Waals surface area contributed by atoms with Crippen LogP contribution in [0.3, 0.4) is 0 Å². The smallest absolute Gasteiger partial charge is 0.347 e. The first-order valence-corrected chi connectivity index (χ1v) is 10.2.